The van der Waals surface area contributed by atoms with Crippen LogP contribution in [0.4, 0.5) is 0 Å². The Morgan fingerprint density at radius 1 is 1.28 bits per heavy atom. The molecule has 0 aliphatic heterocycles. The zero-order valence-corrected chi connectivity index (χ0v) is 18.1. The van der Waals surface area contributed by atoms with Crippen molar-refractivity contribution in [2.45, 2.75) is 45.6 Å². The van der Waals surface area contributed by atoms with Crippen LogP contribution in [0.2, 0.25) is 0 Å². The Kier molecular flexibility index (Phi) is 6.49. The van der Waals surface area contributed by atoms with Gasteiger partial charge in [-0.1, -0.05) is 45.0 Å². The molecule has 0 aliphatic carbocycles. The molecule has 29 heavy (non-hydrogen) atoms. The maximum Gasteiger partial charge on any atom is 0.263 e. The van der Waals surface area contributed by atoms with Crippen molar-refractivity contribution >= 4 is 27.5 Å². The summed E-state index contributed by atoms with van der Waals surface area (Å²) in [6.07, 6.45) is 0.854. The van der Waals surface area contributed by atoms with Gasteiger partial charge in [-0.3, -0.25) is 14.2 Å². The first kappa shape index (κ1) is 21.2. The summed E-state index contributed by atoms with van der Waals surface area (Å²) >= 11 is 1.44. The average Bonchev–Trinajstić information content (AvgIpc) is 3.12. The van der Waals surface area contributed by atoms with Crippen LogP contribution in [0.15, 0.2) is 34.4 Å². The first-order valence-electron chi connectivity index (χ1n) is 9.80. The van der Waals surface area contributed by atoms with Gasteiger partial charge in [0.1, 0.15) is 16.7 Å². The lowest BCUT2D eigenvalue weighted by molar-refractivity contribution is -0.121. The maximum absolute atomic E-state index is 13.5. The molecule has 154 valence electrons. The predicted molar refractivity (Wildman–Crippen MR) is 118 cm³/mol. The van der Waals surface area contributed by atoms with Gasteiger partial charge in [-0.15, -0.1) is 11.3 Å². The Balaban J connectivity index is 2.23. The number of hydrogen-bond donors (Lipinski definition) is 1. The Bertz CT molecular complexity index is 1070. The van der Waals surface area contributed by atoms with Gasteiger partial charge in [0.05, 0.1) is 12.0 Å². The second-order valence-corrected chi connectivity index (χ2v) is 8.24. The van der Waals surface area contributed by atoms with E-state index in [-0.39, 0.29) is 5.56 Å². The summed E-state index contributed by atoms with van der Waals surface area (Å²) in [5.74, 6) is 0.428. The Morgan fingerprint density at radius 2 is 1.97 bits per heavy atom. The zero-order valence-electron chi connectivity index (χ0n) is 17.3. The number of benzene rings is 1. The predicted octanol–water partition coefficient (Wildman–Crippen LogP) is 3.87. The average molecular weight is 414 g/mol. The highest BCUT2D eigenvalue weighted by Crippen LogP contribution is 2.32. The van der Waals surface area contributed by atoms with Crippen molar-refractivity contribution in [1.29, 1.82) is 0 Å². The zero-order chi connectivity index (χ0) is 21.1. The summed E-state index contributed by atoms with van der Waals surface area (Å²) in [5, 5.41) is 2.49. The summed E-state index contributed by atoms with van der Waals surface area (Å²) < 4.78 is 6.62. The van der Waals surface area contributed by atoms with Gasteiger partial charge in [-0.2, -0.15) is 0 Å². The van der Waals surface area contributed by atoms with Crippen molar-refractivity contribution in [3.63, 3.8) is 0 Å². The van der Waals surface area contributed by atoms with Crippen molar-refractivity contribution < 1.29 is 9.53 Å². The lowest BCUT2D eigenvalue weighted by atomic mass is 9.99. The molecule has 3 rings (SSSR count). The van der Waals surface area contributed by atoms with Crippen LogP contribution in [0.5, 0.6) is 0 Å². The number of amides is 1. The van der Waals surface area contributed by atoms with E-state index in [0.29, 0.717) is 41.4 Å². The van der Waals surface area contributed by atoms with Gasteiger partial charge >= 0.3 is 0 Å². The molecular weight excluding hydrogens is 386 g/mol. The Morgan fingerprint density at radius 3 is 2.52 bits per heavy atom. The van der Waals surface area contributed by atoms with Crippen molar-refractivity contribution in [3.8, 4) is 11.1 Å². The quantitative estimate of drug-likeness (QED) is 0.607. The van der Waals surface area contributed by atoms with Crippen molar-refractivity contribution in [2.75, 3.05) is 13.7 Å². The van der Waals surface area contributed by atoms with Gasteiger partial charge in [0.25, 0.3) is 5.56 Å². The molecule has 3 aromatic rings. The van der Waals surface area contributed by atoms with Crippen LogP contribution in [0.1, 0.15) is 50.5 Å². The topological polar surface area (TPSA) is 87.2 Å². The van der Waals surface area contributed by atoms with Crippen LogP contribution in [0.25, 0.3) is 21.3 Å². The minimum absolute atomic E-state index is 0.226. The van der Waals surface area contributed by atoms with E-state index in [1.54, 1.807) is 7.11 Å². The molecule has 2 aromatic heterocycles. The Hall–Kier alpha value is -2.51. The van der Waals surface area contributed by atoms with E-state index in [1.165, 1.54) is 21.5 Å². The van der Waals surface area contributed by atoms with E-state index in [2.05, 4.69) is 26.0 Å². The fraction of sp³-hybridized carbons (Fsp3) is 0.409. The molecule has 2 heterocycles. The first-order chi connectivity index (χ1) is 13.9. The Labute approximate surface area is 174 Å². The normalized spacial score (nSPS) is 12.6. The minimum atomic E-state index is -0.734. The summed E-state index contributed by atoms with van der Waals surface area (Å²) in [6.45, 7) is 6.54. The summed E-state index contributed by atoms with van der Waals surface area (Å²) in [4.78, 5) is 31.0. The first-order valence-corrected chi connectivity index (χ1v) is 10.7. The monoisotopic (exact) mass is 413 g/mol. The molecule has 2 N–H and O–H groups in total. The van der Waals surface area contributed by atoms with Gasteiger partial charge in [0, 0.05) is 24.5 Å². The smallest absolute Gasteiger partial charge is 0.263 e. The summed E-state index contributed by atoms with van der Waals surface area (Å²) in [6, 6.07) is 7.50. The fourth-order valence-electron chi connectivity index (χ4n) is 3.51. The van der Waals surface area contributed by atoms with Crippen LogP contribution in [-0.4, -0.2) is 29.2 Å². The number of primary amides is 1. The number of nitrogens with two attached hydrogens (primary N) is 1. The fourth-order valence-corrected chi connectivity index (χ4v) is 4.46. The minimum Gasteiger partial charge on any atom is -0.384 e. The highest BCUT2D eigenvalue weighted by molar-refractivity contribution is 7.17. The van der Waals surface area contributed by atoms with Gasteiger partial charge in [-0.25, -0.2) is 4.98 Å². The van der Waals surface area contributed by atoms with Crippen LogP contribution in [-0.2, 0) is 16.0 Å². The number of hydrogen-bond acceptors (Lipinski definition) is 5. The SMILES string of the molecule is CCC(C(N)=O)n1c(CCOC)nc2scc(-c3ccc(C(C)C)cc3)c2c1=O. The van der Waals surface area contributed by atoms with Crippen LogP contribution < -0.4 is 11.3 Å². The van der Waals surface area contributed by atoms with E-state index < -0.39 is 11.9 Å². The van der Waals surface area contributed by atoms with Gasteiger partial charge in [0.15, 0.2) is 0 Å². The molecule has 1 atom stereocenters. The standard InChI is InChI=1S/C22H27N3O3S/c1-5-17(20(23)26)25-18(10-11-28-4)24-21-19(22(25)27)16(12-29-21)15-8-6-14(7-9-15)13(2)3/h6-9,12-13,17H,5,10-11H2,1-4H3,(H2,23,26). The molecule has 0 saturated heterocycles. The lowest BCUT2D eigenvalue weighted by Gasteiger charge is -2.19. The largest absolute Gasteiger partial charge is 0.384 e. The molecule has 0 aliphatic rings. The number of rotatable bonds is 8. The highest BCUT2D eigenvalue weighted by atomic mass is 32.1. The maximum atomic E-state index is 13.5. The molecular formula is C22H27N3O3S. The molecule has 0 fully saturated rings. The molecule has 1 aromatic carbocycles. The number of nitrogens with zero attached hydrogens (tertiary/aromatic N) is 2. The van der Waals surface area contributed by atoms with Crippen molar-refractivity contribution in [3.05, 3.63) is 51.4 Å². The molecule has 0 radical (unpaired) electrons. The van der Waals surface area contributed by atoms with E-state index in [9.17, 15) is 9.59 Å². The third-order valence-corrected chi connectivity index (χ3v) is 6.03. The molecule has 7 heteroatoms. The summed E-state index contributed by atoms with van der Waals surface area (Å²) in [7, 11) is 1.59. The molecule has 1 unspecified atom stereocenters. The van der Waals surface area contributed by atoms with Crippen LogP contribution in [0, 0.1) is 0 Å². The molecule has 1 amide bonds. The molecule has 0 saturated carbocycles. The lowest BCUT2D eigenvalue weighted by Crippen LogP contribution is -2.36. The van der Waals surface area contributed by atoms with E-state index >= 15 is 0 Å². The van der Waals surface area contributed by atoms with E-state index in [0.717, 1.165) is 11.1 Å². The number of thiophene rings is 1. The second kappa shape index (κ2) is 8.88. The van der Waals surface area contributed by atoms with Crippen LogP contribution >= 0.6 is 11.3 Å². The highest BCUT2D eigenvalue weighted by Gasteiger charge is 2.24. The number of fused-ring (bicyclic) bond motifs is 1. The van der Waals surface area contributed by atoms with Gasteiger partial charge < -0.3 is 10.5 Å². The number of carbonyl (C=O) groups excluding carboxylic acids is 1. The number of methoxy groups -OCH3 is 1. The molecule has 6 nitrogen and oxygen atoms in total. The van der Waals surface area contributed by atoms with E-state index in [1.807, 2.05) is 24.4 Å². The van der Waals surface area contributed by atoms with Crippen molar-refractivity contribution in [1.82, 2.24) is 9.55 Å². The van der Waals surface area contributed by atoms with Gasteiger partial charge in [0.2, 0.25) is 5.91 Å². The van der Waals surface area contributed by atoms with E-state index in [4.69, 9.17) is 15.5 Å². The molecule has 0 spiro atoms. The van der Waals surface area contributed by atoms with Crippen molar-refractivity contribution in [2.24, 2.45) is 5.73 Å². The van der Waals surface area contributed by atoms with Gasteiger partial charge in [-0.05, 0) is 23.5 Å². The number of ether oxygens (including phenoxy) is 1. The third-order valence-electron chi connectivity index (χ3n) is 5.16. The summed E-state index contributed by atoms with van der Waals surface area (Å²) in [5.41, 5.74) is 8.42. The van der Waals surface area contributed by atoms with Crippen LogP contribution in [0.3, 0.4) is 0 Å². The second-order valence-electron chi connectivity index (χ2n) is 7.38. The number of carbonyl (C=O) groups is 1. The number of aromatic nitrogens is 2. The third kappa shape index (κ3) is 4.11. The molecule has 0 bridgehead atoms.